The second-order valence-electron chi connectivity index (χ2n) is 5.09. The molecule has 0 unspecified atom stereocenters. The first-order valence-corrected chi connectivity index (χ1v) is 6.82. The molecule has 0 saturated carbocycles. The number of halogens is 3. The first-order valence-electron chi connectivity index (χ1n) is 6.82. The molecule has 2 aromatic carbocycles. The number of allylic oxidation sites excluding steroid dienone is 1. The number of hydrogen-bond acceptors (Lipinski definition) is 1. The molecule has 0 aliphatic rings. The molecule has 0 aromatic heterocycles. The lowest BCUT2D eigenvalue weighted by atomic mass is 10.1. The average molecular weight is 303 g/mol. The third kappa shape index (κ3) is 4.07. The Labute approximate surface area is 127 Å². The summed E-state index contributed by atoms with van der Waals surface area (Å²) in [5.41, 5.74) is 2.80. The van der Waals surface area contributed by atoms with E-state index in [-0.39, 0.29) is 0 Å². The molecular formula is C18H16F3N. The minimum atomic E-state index is -4.31. The summed E-state index contributed by atoms with van der Waals surface area (Å²) in [4.78, 5) is 4.43. The second kappa shape index (κ2) is 6.60. The van der Waals surface area contributed by atoms with Crippen molar-refractivity contribution >= 4 is 11.9 Å². The standard InChI is InChI=1S/C18H16F3N/c1-13(2)17(15-6-4-3-5-7-15)22-12-14-8-10-16(11-9-14)18(19,20)21/h3-12H,1-2H3. The van der Waals surface area contributed by atoms with Gasteiger partial charge in [-0.15, -0.1) is 0 Å². The van der Waals surface area contributed by atoms with Gasteiger partial charge in [-0.1, -0.05) is 48.0 Å². The van der Waals surface area contributed by atoms with Gasteiger partial charge in [-0.3, -0.25) is 4.99 Å². The van der Waals surface area contributed by atoms with Crippen LogP contribution in [0.5, 0.6) is 0 Å². The largest absolute Gasteiger partial charge is 0.416 e. The van der Waals surface area contributed by atoms with Crippen LogP contribution in [-0.2, 0) is 6.18 Å². The van der Waals surface area contributed by atoms with Gasteiger partial charge in [0.1, 0.15) is 0 Å². The molecule has 0 amide bonds. The van der Waals surface area contributed by atoms with Gasteiger partial charge in [0.15, 0.2) is 0 Å². The van der Waals surface area contributed by atoms with Crippen LogP contribution in [0.15, 0.2) is 65.2 Å². The van der Waals surface area contributed by atoms with Crippen molar-refractivity contribution in [2.75, 3.05) is 0 Å². The minimum Gasteiger partial charge on any atom is -0.256 e. The normalized spacial score (nSPS) is 11.7. The summed E-state index contributed by atoms with van der Waals surface area (Å²) in [5.74, 6) is 0. The Morgan fingerprint density at radius 2 is 1.50 bits per heavy atom. The van der Waals surface area contributed by atoms with Gasteiger partial charge in [-0.2, -0.15) is 13.2 Å². The van der Waals surface area contributed by atoms with Crippen molar-refractivity contribution in [1.82, 2.24) is 0 Å². The van der Waals surface area contributed by atoms with Crippen LogP contribution < -0.4 is 0 Å². The fraction of sp³-hybridized carbons (Fsp3) is 0.167. The highest BCUT2D eigenvalue weighted by Gasteiger charge is 2.29. The van der Waals surface area contributed by atoms with Crippen LogP contribution in [0.2, 0.25) is 0 Å². The first-order chi connectivity index (χ1) is 10.4. The van der Waals surface area contributed by atoms with E-state index >= 15 is 0 Å². The summed E-state index contributed by atoms with van der Waals surface area (Å²) in [7, 11) is 0. The molecule has 114 valence electrons. The van der Waals surface area contributed by atoms with Gasteiger partial charge in [0.05, 0.1) is 11.3 Å². The van der Waals surface area contributed by atoms with Crippen molar-refractivity contribution in [3.05, 3.63) is 76.9 Å². The molecule has 0 aliphatic carbocycles. The van der Waals surface area contributed by atoms with E-state index < -0.39 is 11.7 Å². The molecule has 0 radical (unpaired) electrons. The van der Waals surface area contributed by atoms with Gasteiger partial charge in [-0.05, 0) is 31.5 Å². The Morgan fingerprint density at radius 1 is 0.909 bits per heavy atom. The number of aliphatic imine (C=N–C) groups is 1. The fourth-order valence-electron chi connectivity index (χ4n) is 1.99. The van der Waals surface area contributed by atoms with Crippen LogP contribution in [0, 0.1) is 0 Å². The van der Waals surface area contributed by atoms with Gasteiger partial charge in [-0.25, -0.2) is 0 Å². The van der Waals surface area contributed by atoms with Crippen LogP contribution in [0.3, 0.4) is 0 Å². The Kier molecular flexibility index (Phi) is 4.81. The molecule has 0 N–H and O–H groups in total. The molecule has 2 rings (SSSR count). The summed E-state index contributed by atoms with van der Waals surface area (Å²) in [6.45, 7) is 3.90. The maximum absolute atomic E-state index is 12.5. The van der Waals surface area contributed by atoms with E-state index in [9.17, 15) is 13.2 Å². The van der Waals surface area contributed by atoms with Gasteiger partial charge >= 0.3 is 6.18 Å². The van der Waals surface area contributed by atoms with E-state index in [0.717, 1.165) is 29.0 Å². The third-order valence-corrected chi connectivity index (χ3v) is 3.10. The summed E-state index contributed by atoms with van der Waals surface area (Å²) in [6, 6.07) is 14.6. The lowest BCUT2D eigenvalue weighted by Gasteiger charge is -2.07. The van der Waals surface area contributed by atoms with E-state index in [4.69, 9.17) is 0 Å². The van der Waals surface area contributed by atoms with Crippen molar-refractivity contribution in [2.24, 2.45) is 4.99 Å². The topological polar surface area (TPSA) is 12.4 Å². The number of nitrogens with zero attached hydrogens (tertiary/aromatic N) is 1. The summed E-state index contributed by atoms with van der Waals surface area (Å²) < 4.78 is 37.6. The first kappa shape index (κ1) is 16.0. The zero-order valence-corrected chi connectivity index (χ0v) is 12.4. The van der Waals surface area contributed by atoms with E-state index in [0.29, 0.717) is 5.56 Å². The number of alkyl halides is 3. The Balaban J connectivity index is 2.25. The lowest BCUT2D eigenvalue weighted by Crippen LogP contribution is -2.04. The fourth-order valence-corrected chi connectivity index (χ4v) is 1.99. The minimum absolute atomic E-state index is 0.627. The lowest BCUT2D eigenvalue weighted by molar-refractivity contribution is -0.137. The van der Waals surface area contributed by atoms with Gasteiger partial charge in [0, 0.05) is 11.8 Å². The highest BCUT2D eigenvalue weighted by Crippen LogP contribution is 2.29. The molecule has 22 heavy (non-hydrogen) atoms. The molecule has 0 heterocycles. The van der Waals surface area contributed by atoms with Crippen LogP contribution >= 0.6 is 0 Å². The smallest absolute Gasteiger partial charge is 0.256 e. The Morgan fingerprint density at radius 3 is 2.00 bits per heavy atom. The molecule has 0 spiro atoms. The van der Waals surface area contributed by atoms with Crippen molar-refractivity contribution in [2.45, 2.75) is 20.0 Å². The van der Waals surface area contributed by atoms with E-state index in [2.05, 4.69) is 4.99 Å². The highest BCUT2D eigenvalue weighted by molar-refractivity contribution is 5.85. The van der Waals surface area contributed by atoms with Crippen LogP contribution in [0.25, 0.3) is 5.70 Å². The van der Waals surface area contributed by atoms with Crippen molar-refractivity contribution in [1.29, 1.82) is 0 Å². The number of hydrogen-bond donors (Lipinski definition) is 0. The average Bonchev–Trinajstić information content (AvgIpc) is 2.48. The predicted molar refractivity (Wildman–Crippen MR) is 83.7 cm³/mol. The molecule has 0 saturated heterocycles. The predicted octanol–water partition coefficient (Wildman–Crippen LogP) is 5.58. The molecule has 1 nitrogen and oxygen atoms in total. The summed E-state index contributed by atoms with van der Waals surface area (Å²) >= 11 is 0. The van der Waals surface area contributed by atoms with Crippen LogP contribution in [-0.4, -0.2) is 6.21 Å². The highest BCUT2D eigenvalue weighted by atomic mass is 19.4. The number of rotatable bonds is 3. The van der Waals surface area contributed by atoms with Gasteiger partial charge in [0.2, 0.25) is 0 Å². The molecule has 0 bridgehead atoms. The molecule has 2 aromatic rings. The second-order valence-corrected chi connectivity index (χ2v) is 5.09. The van der Waals surface area contributed by atoms with Crippen molar-refractivity contribution in [3.8, 4) is 0 Å². The maximum Gasteiger partial charge on any atom is 0.416 e. The molecule has 4 heteroatoms. The zero-order valence-electron chi connectivity index (χ0n) is 12.4. The molecule has 0 atom stereocenters. The van der Waals surface area contributed by atoms with E-state index in [1.807, 2.05) is 44.2 Å². The number of benzene rings is 2. The third-order valence-electron chi connectivity index (χ3n) is 3.10. The van der Waals surface area contributed by atoms with Crippen molar-refractivity contribution in [3.63, 3.8) is 0 Å². The SMILES string of the molecule is CC(C)=C(N=Cc1ccc(C(F)(F)F)cc1)c1ccccc1. The van der Waals surface area contributed by atoms with Gasteiger partial charge < -0.3 is 0 Å². The Hall–Kier alpha value is -2.36. The van der Waals surface area contributed by atoms with Crippen LogP contribution in [0.4, 0.5) is 13.2 Å². The summed E-state index contributed by atoms with van der Waals surface area (Å²) in [6.07, 6.45) is -2.74. The van der Waals surface area contributed by atoms with E-state index in [1.165, 1.54) is 12.1 Å². The molecule has 0 fully saturated rings. The molecular weight excluding hydrogens is 287 g/mol. The monoisotopic (exact) mass is 303 g/mol. The van der Waals surface area contributed by atoms with Crippen molar-refractivity contribution < 1.29 is 13.2 Å². The van der Waals surface area contributed by atoms with Gasteiger partial charge in [0.25, 0.3) is 0 Å². The Bertz CT molecular complexity index is 677. The van der Waals surface area contributed by atoms with E-state index in [1.54, 1.807) is 6.21 Å². The zero-order chi connectivity index (χ0) is 16.2. The summed E-state index contributed by atoms with van der Waals surface area (Å²) in [5, 5.41) is 0. The van der Waals surface area contributed by atoms with Crippen LogP contribution in [0.1, 0.15) is 30.5 Å². The quantitative estimate of drug-likeness (QED) is 0.657. The maximum atomic E-state index is 12.5. The molecule has 0 aliphatic heterocycles.